The number of carbonyl (C=O) groups excluding carboxylic acids is 2. The summed E-state index contributed by atoms with van der Waals surface area (Å²) in [7, 11) is 0. The van der Waals surface area contributed by atoms with Crippen molar-refractivity contribution in [2.75, 3.05) is 23.8 Å². The minimum absolute atomic E-state index is 0.148. The van der Waals surface area contributed by atoms with Crippen molar-refractivity contribution in [2.45, 2.75) is 0 Å². The maximum absolute atomic E-state index is 12.1. The van der Waals surface area contributed by atoms with E-state index in [1.54, 1.807) is 42.5 Å². The van der Waals surface area contributed by atoms with Crippen molar-refractivity contribution in [3.8, 4) is 0 Å². The Bertz CT molecular complexity index is 706. The van der Waals surface area contributed by atoms with E-state index in [4.69, 9.17) is 5.11 Å². The van der Waals surface area contributed by atoms with Crippen molar-refractivity contribution >= 4 is 39.2 Å². The summed E-state index contributed by atoms with van der Waals surface area (Å²) in [4.78, 5) is 24.1. The molecule has 120 valence electrons. The van der Waals surface area contributed by atoms with Gasteiger partial charge >= 0.3 is 6.03 Å². The van der Waals surface area contributed by atoms with E-state index >= 15 is 0 Å². The van der Waals surface area contributed by atoms with Gasteiger partial charge in [0.15, 0.2) is 0 Å². The number of hydrogen-bond donors (Lipinski definition) is 4. The fourth-order valence-electron chi connectivity index (χ4n) is 1.91. The second-order valence-electron chi connectivity index (χ2n) is 4.61. The molecule has 0 saturated heterocycles. The number of carbonyl (C=O) groups is 2. The highest BCUT2D eigenvalue weighted by atomic mass is 79.9. The second-order valence-corrected chi connectivity index (χ2v) is 5.53. The Morgan fingerprint density at radius 1 is 1.04 bits per heavy atom. The fraction of sp³-hybridized carbons (Fsp3) is 0.125. The monoisotopic (exact) mass is 377 g/mol. The number of benzene rings is 2. The summed E-state index contributed by atoms with van der Waals surface area (Å²) >= 11 is 3.33. The van der Waals surface area contributed by atoms with Gasteiger partial charge < -0.3 is 21.1 Å². The summed E-state index contributed by atoms with van der Waals surface area (Å²) in [5, 5.41) is 16.7. The van der Waals surface area contributed by atoms with E-state index in [9.17, 15) is 9.59 Å². The van der Waals surface area contributed by atoms with Gasteiger partial charge in [-0.05, 0) is 30.3 Å². The van der Waals surface area contributed by atoms with Crippen LogP contribution < -0.4 is 16.0 Å². The molecule has 0 atom stereocenters. The van der Waals surface area contributed by atoms with Gasteiger partial charge in [0.1, 0.15) is 0 Å². The molecule has 0 radical (unpaired) electrons. The Morgan fingerprint density at radius 3 is 2.57 bits per heavy atom. The first kappa shape index (κ1) is 17.0. The molecular weight excluding hydrogens is 362 g/mol. The van der Waals surface area contributed by atoms with Crippen LogP contribution in [0.5, 0.6) is 0 Å². The lowest BCUT2D eigenvalue weighted by Crippen LogP contribution is -2.28. The van der Waals surface area contributed by atoms with Gasteiger partial charge in [0.2, 0.25) is 0 Å². The van der Waals surface area contributed by atoms with Gasteiger partial charge in [0.05, 0.1) is 17.9 Å². The molecule has 0 heterocycles. The van der Waals surface area contributed by atoms with Crippen molar-refractivity contribution < 1.29 is 14.7 Å². The highest BCUT2D eigenvalue weighted by Gasteiger charge is 2.12. The highest BCUT2D eigenvalue weighted by Crippen LogP contribution is 2.18. The molecule has 2 aromatic carbocycles. The number of urea groups is 1. The molecule has 6 nitrogen and oxygen atoms in total. The molecule has 0 aromatic heterocycles. The lowest BCUT2D eigenvalue weighted by molar-refractivity contribution is 0.0945. The second kappa shape index (κ2) is 8.30. The van der Waals surface area contributed by atoms with Crippen LogP contribution in [0.15, 0.2) is 53.0 Å². The van der Waals surface area contributed by atoms with E-state index in [0.717, 1.165) is 4.47 Å². The molecule has 3 amide bonds. The third kappa shape index (κ3) is 5.08. The van der Waals surface area contributed by atoms with E-state index < -0.39 is 6.03 Å². The maximum Gasteiger partial charge on any atom is 0.323 e. The van der Waals surface area contributed by atoms with Crippen molar-refractivity contribution in [1.82, 2.24) is 5.32 Å². The zero-order chi connectivity index (χ0) is 16.7. The number of nitrogens with one attached hydrogen (secondary N) is 3. The van der Waals surface area contributed by atoms with Gasteiger partial charge in [-0.15, -0.1) is 0 Å². The normalized spacial score (nSPS) is 10.0. The minimum Gasteiger partial charge on any atom is -0.395 e. The molecule has 7 heteroatoms. The molecule has 23 heavy (non-hydrogen) atoms. The van der Waals surface area contributed by atoms with Crippen LogP contribution in [-0.4, -0.2) is 30.2 Å². The average molecular weight is 378 g/mol. The molecule has 2 aromatic rings. The Balaban J connectivity index is 2.07. The summed E-state index contributed by atoms with van der Waals surface area (Å²) in [5.41, 5.74) is 1.33. The molecule has 2 rings (SSSR count). The third-order valence-electron chi connectivity index (χ3n) is 2.90. The summed E-state index contributed by atoms with van der Waals surface area (Å²) in [6.45, 7) is 0.00210. The van der Waals surface area contributed by atoms with Crippen LogP contribution in [0.3, 0.4) is 0 Å². The standard InChI is InChI=1S/C16H16BrN3O3/c17-11-4-3-5-12(10-11)19-16(23)20-14-7-2-1-6-13(14)15(22)18-8-9-21/h1-7,10,21H,8-9H2,(H,18,22)(H2,19,20,23). The lowest BCUT2D eigenvalue weighted by atomic mass is 10.1. The molecule has 0 aliphatic carbocycles. The zero-order valence-corrected chi connectivity index (χ0v) is 13.8. The van der Waals surface area contributed by atoms with Crippen molar-refractivity contribution in [3.63, 3.8) is 0 Å². The van der Waals surface area contributed by atoms with Gasteiger partial charge in [0.25, 0.3) is 5.91 Å². The van der Waals surface area contributed by atoms with Crippen LogP contribution in [0.2, 0.25) is 0 Å². The van der Waals surface area contributed by atoms with Crippen molar-refractivity contribution in [1.29, 1.82) is 0 Å². The predicted molar refractivity (Wildman–Crippen MR) is 92.6 cm³/mol. The number of para-hydroxylation sites is 1. The quantitative estimate of drug-likeness (QED) is 0.645. The molecule has 0 bridgehead atoms. The Hall–Kier alpha value is -2.38. The lowest BCUT2D eigenvalue weighted by Gasteiger charge is -2.12. The number of anilines is 2. The molecule has 0 saturated carbocycles. The maximum atomic E-state index is 12.1. The van der Waals surface area contributed by atoms with E-state index in [-0.39, 0.29) is 19.1 Å². The van der Waals surface area contributed by atoms with Crippen LogP contribution >= 0.6 is 15.9 Å². The molecular formula is C16H16BrN3O3. The summed E-state index contributed by atoms with van der Waals surface area (Å²) in [6, 6.07) is 13.4. The van der Waals surface area contributed by atoms with E-state index in [1.165, 1.54) is 0 Å². The van der Waals surface area contributed by atoms with Crippen LogP contribution in [0.25, 0.3) is 0 Å². The van der Waals surface area contributed by atoms with E-state index in [1.807, 2.05) is 6.07 Å². The third-order valence-corrected chi connectivity index (χ3v) is 3.39. The predicted octanol–water partition coefficient (Wildman–Crippen LogP) is 2.82. The summed E-state index contributed by atoms with van der Waals surface area (Å²) in [5.74, 6) is -0.364. The van der Waals surface area contributed by atoms with Crippen LogP contribution in [0.1, 0.15) is 10.4 Å². The van der Waals surface area contributed by atoms with Crippen LogP contribution in [-0.2, 0) is 0 Å². The van der Waals surface area contributed by atoms with Crippen LogP contribution in [0, 0.1) is 0 Å². The summed E-state index contributed by atoms with van der Waals surface area (Å²) < 4.78 is 0.846. The minimum atomic E-state index is -0.453. The Kier molecular flexibility index (Phi) is 6.13. The molecule has 0 aliphatic heterocycles. The molecule has 0 aliphatic rings. The largest absolute Gasteiger partial charge is 0.395 e. The van der Waals surface area contributed by atoms with Gasteiger partial charge in [-0.1, -0.05) is 34.1 Å². The number of aliphatic hydroxyl groups is 1. The van der Waals surface area contributed by atoms with Gasteiger partial charge in [-0.3, -0.25) is 4.79 Å². The fourth-order valence-corrected chi connectivity index (χ4v) is 2.30. The van der Waals surface area contributed by atoms with Crippen LogP contribution in [0.4, 0.5) is 16.2 Å². The highest BCUT2D eigenvalue weighted by molar-refractivity contribution is 9.10. The number of halogens is 1. The van der Waals surface area contributed by atoms with Gasteiger partial charge in [-0.2, -0.15) is 0 Å². The molecule has 0 unspecified atom stereocenters. The SMILES string of the molecule is O=C(Nc1cccc(Br)c1)Nc1ccccc1C(=O)NCCO. The first-order valence-electron chi connectivity index (χ1n) is 6.92. The number of rotatable bonds is 5. The summed E-state index contributed by atoms with van der Waals surface area (Å²) in [6.07, 6.45) is 0. The zero-order valence-electron chi connectivity index (χ0n) is 12.2. The van der Waals surface area contributed by atoms with Crippen molar-refractivity contribution in [2.24, 2.45) is 0 Å². The van der Waals surface area contributed by atoms with Gasteiger partial charge in [0, 0.05) is 16.7 Å². The smallest absolute Gasteiger partial charge is 0.323 e. The molecule has 0 spiro atoms. The Labute approximate surface area is 142 Å². The molecule has 0 fully saturated rings. The van der Waals surface area contributed by atoms with Gasteiger partial charge in [-0.25, -0.2) is 4.79 Å². The number of aliphatic hydroxyl groups excluding tert-OH is 1. The van der Waals surface area contributed by atoms with E-state index in [0.29, 0.717) is 16.9 Å². The van der Waals surface area contributed by atoms with Crippen molar-refractivity contribution in [3.05, 3.63) is 58.6 Å². The first-order valence-corrected chi connectivity index (χ1v) is 7.71. The topological polar surface area (TPSA) is 90.5 Å². The molecule has 4 N–H and O–H groups in total. The average Bonchev–Trinajstić information content (AvgIpc) is 2.53. The Morgan fingerprint density at radius 2 is 1.83 bits per heavy atom. The number of hydrogen-bond acceptors (Lipinski definition) is 3. The first-order chi connectivity index (χ1) is 11.1. The van der Waals surface area contributed by atoms with E-state index in [2.05, 4.69) is 31.9 Å². The number of amides is 3.